The summed E-state index contributed by atoms with van der Waals surface area (Å²) in [6.07, 6.45) is 2.58. The van der Waals surface area contributed by atoms with Gasteiger partial charge in [-0.25, -0.2) is 0 Å². The molecule has 1 aromatic heterocycles. The SMILES string of the molecule is CN=C(NCC(C)c1c(C)noc1C)NC(C)c1cccc(N2CCCC2)c1.I. The Kier molecular flexibility index (Phi) is 8.79. The van der Waals surface area contributed by atoms with Crippen LogP contribution in [-0.2, 0) is 0 Å². The Labute approximate surface area is 191 Å². The zero-order valence-corrected chi connectivity index (χ0v) is 20.5. The average Bonchev–Trinajstić information content (AvgIpc) is 3.35. The number of guanidine groups is 1. The molecule has 2 unspecified atom stereocenters. The molecule has 1 aliphatic rings. The van der Waals surface area contributed by atoms with Crippen molar-refractivity contribution in [1.29, 1.82) is 0 Å². The molecule has 0 spiro atoms. The van der Waals surface area contributed by atoms with Crippen LogP contribution >= 0.6 is 24.0 Å². The number of hydrogen-bond acceptors (Lipinski definition) is 4. The van der Waals surface area contributed by atoms with Crippen LogP contribution in [0.5, 0.6) is 0 Å². The molecule has 29 heavy (non-hydrogen) atoms. The standard InChI is InChI=1S/C22H33N5O.HI/c1-15(21-17(3)26-28-18(21)4)14-24-22(23-5)25-16(2)19-9-8-10-20(13-19)27-11-6-7-12-27;/h8-10,13,15-16H,6-7,11-12,14H2,1-5H3,(H2,23,24,25);1H. The van der Waals surface area contributed by atoms with Gasteiger partial charge in [-0.1, -0.05) is 24.2 Å². The predicted molar refractivity (Wildman–Crippen MR) is 131 cm³/mol. The van der Waals surface area contributed by atoms with Crippen LogP contribution in [0, 0.1) is 13.8 Å². The summed E-state index contributed by atoms with van der Waals surface area (Å²) >= 11 is 0. The highest BCUT2D eigenvalue weighted by molar-refractivity contribution is 14.0. The first kappa shape index (κ1) is 23.5. The molecule has 1 saturated heterocycles. The van der Waals surface area contributed by atoms with E-state index in [0.717, 1.165) is 37.0 Å². The van der Waals surface area contributed by atoms with Crippen LogP contribution in [0.25, 0.3) is 0 Å². The first-order valence-corrected chi connectivity index (χ1v) is 10.2. The van der Waals surface area contributed by atoms with Crippen molar-refractivity contribution in [3.8, 4) is 0 Å². The van der Waals surface area contributed by atoms with E-state index in [1.165, 1.54) is 29.7 Å². The van der Waals surface area contributed by atoms with Crippen molar-refractivity contribution in [2.45, 2.75) is 52.5 Å². The van der Waals surface area contributed by atoms with E-state index in [0.29, 0.717) is 5.92 Å². The maximum Gasteiger partial charge on any atom is 0.191 e. The Morgan fingerprint density at radius 3 is 2.59 bits per heavy atom. The van der Waals surface area contributed by atoms with E-state index in [2.05, 4.69) is 63.8 Å². The fourth-order valence-corrected chi connectivity index (χ4v) is 3.99. The Balaban J connectivity index is 0.00000300. The summed E-state index contributed by atoms with van der Waals surface area (Å²) in [4.78, 5) is 6.86. The quantitative estimate of drug-likeness (QED) is 0.339. The zero-order chi connectivity index (χ0) is 20.1. The van der Waals surface area contributed by atoms with Gasteiger partial charge in [-0.3, -0.25) is 4.99 Å². The van der Waals surface area contributed by atoms with Crippen LogP contribution in [0.4, 0.5) is 5.69 Å². The van der Waals surface area contributed by atoms with E-state index < -0.39 is 0 Å². The monoisotopic (exact) mass is 511 g/mol. The first-order chi connectivity index (χ1) is 13.5. The van der Waals surface area contributed by atoms with Crippen molar-refractivity contribution in [3.05, 3.63) is 46.8 Å². The lowest BCUT2D eigenvalue weighted by Gasteiger charge is -2.22. The molecular formula is C22H34IN5O. The molecule has 7 heteroatoms. The summed E-state index contributed by atoms with van der Waals surface area (Å²) < 4.78 is 5.30. The third-order valence-corrected chi connectivity index (χ3v) is 5.58. The maximum atomic E-state index is 5.30. The lowest BCUT2D eigenvalue weighted by molar-refractivity contribution is 0.391. The van der Waals surface area contributed by atoms with E-state index in [-0.39, 0.29) is 30.0 Å². The van der Waals surface area contributed by atoms with Crippen LogP contribution in [-0.4, -0.2) is 37.8 Å². The first-order valence-electron chi connectivity index (χ1n) is 10.2. The molecule has 1 aromatic carbocycles. The van der Waals surface area contributed by atoms with E-state index in [1.54, 1.807) is 0 Å². The third-order valence-electron chi connectivity index (χ3n) is 5.58. The summed E-state index contributed by atoms with van der Waals surface area (Å²) in [6, 6.07) is 9.00. The number of benzene rings is 1. The maximum absolute atomic E-state index is 5.30. The van der Waals surface area contributed by atoms with Gasteiger partial charge in [0.25, 0.3) is 0 Å². The second-order valence-corrected chi connectivity index (χ2v) is 7.75. The Morgan fingerprint density at radius 2 is 1.97 bits per heavy atom. The Bertz CT molecular complexity index is 794. The van der Waals surface area contributed by atoms with Gasteiger partial charge in [0.2, 0.25) is 0 Å². The normalized spacial score (nSPS) is 16.3. The van der Waals surface area contributed by atoms with Gasteiger partial charge in [0.1, 0.15) is 5.76 Å². The van der Waals surface area contributed by atoms with Crippen molar-refractivity contribution < 1.29 is 4.52 Å². The lowest BCUT2D eigenvalue weighted by Crippen LogP contribution is -2.40. The zero-order valence-electron chi connectivity index (χ0n) is 18.2. The summed E-state index contributed by atoms with van der Waals surface area (Å²) in [5.74, 6) is 1.98. The number of nitrogens with zero attached hydrogens (tertiary/aromatic N) is 3. The van der Waals surface area contributed by atoms with Crippen LogP contribution in [0.15, 0.2) is 33.8 Å². The van der Waals surface area contributed by atoms with Crippen molar-refractivity contribution in [1.82, 2.24) is 15.8 Å². The molecule has 2 atom stereocenters. The minimum Gasteiger partial charge on any atom is -0.372 e. The summed E-state index contributed by atoms with van der Waals surface area (Å²) in [5, 5.41) is 11.0. The molecule has 2 N–H and O–H groups in total. The van der Waals surface area contributed by atoms with Gasteiger partial charge in [-0.15, -0.1) is 24.0 Å². The fraction of sp³-hybridized carbons (Fsp3) is 0.545. The number of hydrogen-bond donors (Lipinski definition) is 2. The summed E-state index contributed by atoms with van der Waals surface area (Å²) in [6.45, 7) is 11.4. The number of aromatic nitrogens is 1. The number of nitrogens with one attached hydrogen (secondary N) is 2. The van der Waals surface area contributed by atoms with Gasteiger partial charge in [-0.05, 0) is 51.3 Å². The number of aryl methyl sites for hydroxylation is 2. The smallest absolute Gasteiger partial charge is 0.191 e. The van der Waals surface area contributed by atoms with Gasteiger partial charge in [0, 0.05) is 43.9 Å². The van der Waals surface area contributed by atoms with E-state index in [9.17, 15) is 0 Å². The van der Waals surface area contributed by atoms with E-state index in [4.69, 9.17) is 4.52 Å². The van der Waals surface area contributed by atoms with Gasteiger partial charge in [-0.2, -0.15) is 0 Å². The van der Waals surface area contributed by atoms with Crippen molar-refractivity contribution in [3.63, 3.8) is 0 Å². The molecule has 160 valence electrons. The lowest BCUT2D eigenvalue weighted by atomic mass is 10.00. The van der Waals surface area contributed by atoms with Gasteiger partial charge in [0.05, 0.1) is 11.7 Å². The van der Waals surface area contributed by atoms with Crippen molar-refractivity contribution in [2.75, 3.05) is 31.6 Å². The highest BCUT2D eigenvalue weighted by Gasteiger charge is 2.18. The molecule has 6 nitrogen and oxygen atoms in total. The minimum atomic E-state index is 0. The summed E-state index contributed by atoms with van der Waals surface area (Å²) in [5.41, 5.74) is 4.72. The largest absolute Gasteiger partial charge is 0.372 e. The molecule has 0 radical (unpaired) electrons. The number of halogens is 1. The average molecular weight is 511 g/mol. The third kappa shape index (κ3) is 5.87. The predicted octanol–water partition coefficient (Wildman–Crippen LogP) is 4.54. The van der Waals surface area contributed by atoms with E-state index >= 15 is 0 Å². The molecule has 0 bridgehead atoms. The van der Waals surface area contributed by atoms with Gasteiger partial charge < -0.3 is 20.1 Å². The van der Waals surface area contributed by atoms with Gasteiger partial charge in [0.15, 0.2) is 5.96 Å². The molecule has 3 rings (SSSR count). The second-order valence-electron chi connectivity index (χ2n) is 7.75. The van der Waals surface area contributed by atoms with E-state index in [1.807, 2.05) is 20.9 Å². The molecule has 0 saturated carbocycles. The fourth-order valence-electron chi connectivity index (χ4n) is 3.99. The Hall–Kier alpha value is -1.77. The molecule has 1 fully saturated rings. The minimum absolute atomic E-state index is 0. The number of anilines is 1. The molecule has 1 aliphatic heterocycles. The van der Waals surface area contributed by atoms with Gasteiger partial charge >= 0.3 is 0 Å². The second kappa shape index (κ2) is 10.8. The Morgan fingerprint density at radius 1 is 1.24 bits per heavy atom. The topological polar surface area (TPSA) is 65.7 Å². The number of aliphatic imine (C=N–C) groups is 1. The van der Waals surface area contributed by atoms with Crippen LogP contribution in [0.1, 0.15) is 61.2 Å². The molecule has 0 amide bonds. The van der Waals surface area contributed by atoms with Crippen molar-refractivity contribution in [2.24, 2.45) is 4.99 Å². The van der Waals surface area contributed by atoms with Crippen LogP contribution in [0.2, 0.25) is 0 Å². The molecule has 2 aromatic rings. The number of rotatable bonds is 6. The van der Waals surface area contributed by atoms with Crippen LogP contribution < -0.4 is 15.5 Å². The highest BCUT2D eigenvalue weighted by Crippen LogP contribution is 2.24. The van der Waals surface area contributed by atoms with Crippen molar-refractivity contribution >= 4 is 35.6 Å². The molecule has 0 aliphatic carbocycles. The molecule has 2 heterocycles. The highest BCUT2D eigenvalue weighted by atomic mass is 127. The van der Waals surface area contributed by atoms with Crippen LogP contribution in [0.3, 0.4) is 0 Å². The summed E-state index contributed by atoms with van der Waals surface area (Å²) in [7, 11) is 1.81. The molecular weight excluding hydrogens is 477 g/mol.